The van der Waals surface area contributed by atoms with E-state index in [1.807, 2.05) is 0 Å². The molecular formula is C18H26F3N5O2. The number of nitrogens with zero attached hydrogens (tertiary/aromatic N) is 3. The first-order valence-corrected chi connectivity index (χ1v) is 8.85. The van der Waals surface area contributed by atoms with Gasteiger partial charge in [-0.1, -0.05) is 12.2 Å². The number of rotatable bonds is 11. The molecule has 0 aliphatic carbocycles. The lowest BCUT2D eigenvalue weighted by atomic mass is 10.1. The van der Waals surface area contributed by atoms with Gasteiger partial charge in [0.25, 0.3) is 5.90 Å². The topological polar surface area (TPSA) is 83.2 Å². The molecule has 0 saturated heterocycles. The van der Waals surface area contributed by atoms with Gasteiger partial charge >= 0.3 is 12.2 Å². The molecule has 1 rings (SSSR count). The lowest BCUT2D eigenvalue weighted by Gasteiger charge is -2.27. The molecule has 1 aromatic heterocycles. The average molecular weight is 401 g/mol. The van der Waals surface area contributed by atoms with Crippen LogP contribution in [0.15, 0.2) is 37.7 Å². The van der Waals surface area contributed by atoms with Crippen molar-refractivity contribution in [2.75, 3.05) is 18.2 Å². The Morgan fingerprint density at radius 2 is 2.18 bits per heavy atom. The Balaban J connectivity index is 2.87. The number of amides is 2. The number of carbonyl (C=O) groups excluding carboxylic acids is 1. The smallest absolute Gasteiger partial charge is 0.389 e. The fourth-order valence-corrected chi connectivity index (χ4v) is 2.39. The monoisotopic (exact) mass is 401 g/mol. The number of carbonyl (C=O) groups is 1. The summed E-state index contributed by atoms with van der Waals surface area (Å²) < 4.78 is 44.1. The minimum absolute atomic E-state index is 0.108. The minimum Gasteiger partial charge on any atom is -0.475 e. The first-order valence-electron chi connectivity index (χ1n) is 8.85. The van der Waals surface area contributed by atoms with E-state index in [1.54, 1.807) is 13.0 Å². The molecule has 10 heteroatoms. The average Bonchev–Trinajstić information content (AvgIpc) is 3.09. The van der Waals surface area contributed by atoms with Crippen molar-refractivity contribution < 1.29 is 22.7 Å². The van der Waals surface area contributed by atoms with Crippen LogP contribution in [0.3, 0.4) is 0 Å². The van der Waals surface area contributed by atoms with Crippen molar-refractivity contribution in [2.24, 2.45) is 0 Å². The molecule has 0 bridgehead atoms. The quantitative estimate of drug-likeness (QED) is 0.256. The summed E-state index contributed by atoms with van der Waals surface area (Å²) in [4.78, 5) is 16.7. The summed E-state index contributed by atoms with van der Waals surface area (Å²) in [6.45, 7) is 9.24. The number of alkyl halides is 3. The van der Waals surface area contributed by atoms with Gasteiger partial charge in [-0.15, -0.1) is 13.2 Å². The van der Waals surface area contributed by atoms with Crippen LogP contribution >= 0.6 is 0 Å². The second-order valence-corrected chi connectivity index (χ2v) is 5.89. The van der Waals surface area contributed by atoms with Crippen molar-refractivity contribution in [3.63, 3.8) is 0 Å². The minimum atomic E-state index is -4.30. The van der Waals surface area contributed by atoms with Crippen LogP contribution in [-0.2, 0) is 4.74 Å². The molecule has 0 radical (unpaired) electrons. The number of nitrogens with one attached hydrogen (secondary N) is 2. The SMILES string of the molecule is C=CCCOC(=N)c1nccn1N(CC)C(=O)N[C@H](CC=C)CCC(F)(F)F. The number of halogens is 3. The molecule has 7 nitrogen and oxygen atoms in total. The van der Waals surface area contributed by atoms with E-state index in [9.17, 15) is 18.0 Å². The summed E-state index contributed by atoms with van der Waals surface area (Å²) in [5.74, 6) is -0.116. The van der Waals surface area contributed by atoms with E-state index in [4.69, 9.17) is 10.1 Å². The van der Waals surface area contributed by atoms with Gasteiger partial charge in [-0.05, 0) is 26.2 Å². The zero-order valence-corrected chi connectivity index (χ0v) is 15.8. The van der Waals surface area contributed by atoms with Gasteiger partial charge < -0.3 is 10.1 Å². The molecule has 1 aromatic rings. The highest BCUT2D eigenvalue weighted by atomic mass is 19.4. The maximum atomic E-state index is 12.6. The predicted octanol–water partition coefficient (Wildman–Crippen LogP) is 3.76. The number of urea groups is 1. The van der Waals surface area contributed by atoms with E-state index in [1.165, 1.54) is 28.2 Å². The summed E-state index contributed by atoms with van der Waals surface area (Å²) in [5, 5.41) is 11.8. The zero-order valence-electron chi connectivity index (χ0n) is 15.8. The molecule has 156 valence electrons. The maximum absolute atomic E-state index is 12.6. The second kappa shape index (κ2) is 11.2. The summed E-state index contributed by atoms with van der Waals surface area (Å²) in [6, 6.07) is -1.31. The lowest BCUT2D eigenvalue weighted by Crippen LogP contribution is -2.50. The second-order valence-electron chi connectivity index (χ2n) is 5.89. The van der Waals surface area contributed by atoms with Gasteiger partial charge in [-0.25, -0.2) is 19.5 Å². The Bertz CT molecular complexity index is 672. The molecule has 0 unspecified atom stereocenters. The first kappa shape index (κ1) is 23.3. The standard InChI is InChI=1S/C18H26F3N5O2/c1-4-7-13-28-15(22)16-23-11-12-26(16)25(6-3)17(27)24-14(8-5-2)9-10-18(19,20)21/h4-5,11-12,14,22H,1-2,6-10,13H2,3H3,(H,24,27)/t14-/m1/s1. The van der Waals surface area contributed by atoms with Gasteiger partial charge in [0.15, 0.2) is 0 Å². The Morgan fingerprint density at radius 3 is 2.75 bits per heavy atom. The molecule has 2 N–H and O–H groups in total. The fraction of sp³-hybridized carbons (Fsp3) is 0.500. The Hall–Kier alpha value is -2.78. The van der Waals surface area contributed by atoms with Crippen LogP contribution in [0, 0.1) is 5.41 Å². The predicted molar refractivity (Wildman–Crippen MR) is 101 cm³/mol. The Kier molecular flexibility index (Phi) is 9.26. The molecule has 0 aromatic carbocycles. The van der Waals surface area contributed by atoms with Crippen LogP contribution in [0.4, 0.5) is 18.0 Å². The van der Waals surface area contributed by atoms with Crippen LogP contribution in [-0.4, -0.2) is 47.0 Å². The number of hydrogen-bond acceptors (Lipinski definition) is 4. The molecular weight excluding hydrogens is 375 g/mol. The number of aromatic nitrogens is 2. The molecule has 0 fully saturated rings. The van der Waals surface area contributed by atoms with Gasteiger partial charge in [0, 0.05) is 31.4 Å². The Labute approximate surface area is 162 Å². The molecule has 0 spiro atoms. The maximum Gasteiger partial charge on any atom is 0.389 e. The summed E-state index contributed by atoms with van der Waals surface area (Å²) in [7, 11) is 0. The van der Waals surface area contributed by atoms with Crippen molar-refractivity contribution in [1.29, 1.82) is 5.41 Å². The van der Waals surface area contributed by atoms with Crippen LogP contribution in [0.5, 0.6) is 0 Å². The summed E-state index contributed by atoms with van der Waals surface area (Å²) in [5.41, 5.74) is 0. The molecule has 0 saturated carbocycles. The molecule has 1 heterocycles. The third-order valence-electron chi connectivity index (χ3n) is 3.74. The van der Waals surface area contributed by atoms with Gasteiger partial charge in [0.05, 0.1) is 6.61 Å². The number of hydrogen-bond donors (Lipinski definition) is 2. The van der Waals surface area contributed by atoms with Crippen LogP contribution in [0.1, 0.15) is 38.4 Å². The third-order valence-corrected chi connectivity index (χ3v) is 3.74. The number of ether oxygens (including phenoxy) is 1. The van der Waals surface area contributed by atoms with Crippen molar-refractivity contribution in [3.8, 4) is 0 Å². The van der Waals surface area contributed by atoms with E-state index in [-0.39, 0.29) is 37.7 Å². The molecule has 0 aliphatic rings. The fourth-order valence-electron chi connectivity index (χ4n) is 2.39. The van der Waals surface area contributed by atoms with Crippen molar-refractivity contribution in [1.82, 2.24) is 15.0 Å². The first-order chi connectivity index (χ1) is 13.2. The van der Waals surface area contributed by atoms with Gasteiger partial charge in [0.1, 0.15) is 0 Å². The highest BCUT2D eigenvalue weighted by molar-refractivity contribution is 5.90. The van der Waals surface area contributed by atoms with E-state index in [2.05, 4.69) is 23.5 Å². The van der Waals surface area contributed by atoms with E-state index in [0.717, 1.165) is 0 Å². The highest BCUT2D eigenvalue weighted by Gasteiger charge is 2.29. The van der Waals surface area contributed by atoms with E-state index < -0.39 is 24.7 Å². The molecule has 2 amide bonds. The van der Waals surface area contributed by atoms with Gasteiger partial charge in [0.2, 0.25) is 5.82 Å². The van der Waals surface area contributed by atoms with Crippen molar-refractivity contribution >= 4 is 11.9 Å². The van der Waals surface area contributed by atoms with Crippen LogP contribution in [0.25, 0.3) is 0 Å². The van der Waals surface area contributed by atoms with Crippen molar-refractivity contribution in [2.45, 2.75) is 44.8 Å². The molecule has 0 aliphatic heterocycles. The largest absolute Gasteiger partial charge is 0.475 e. The highest BCUT2D eigenvalue weighted by Crippen LogP contribution is 2.23. The van der Waals surface area contributed by atoms with Gasteiger partial charge in [-0.3, -0.25) is 5.41 Å². The summed E-state index contributed by atoms with van der Waals surface area (Å²) in [6.07, 6.45) is 1.18. The van der Waals surface area contributed by atoms with Crippen LogP contribution < -0.4 is 10.3 Å². The number of imidazole rings is 1. The third kappa shape index (κ3) is 7.45. The van der Waals surface area contributed by atoms with E-state index >= 15 is 0 Å². The molecule has 28 heavy (non-hydrogen) atoms. The summed E-state index contributed by atoms with van der Waals surface area (Å²) >= 11 is 0. The van der Waals surface area contributed by atoms with Gasteiger partial charge in [-0.2, -0.15) is 13.2 Å². The van der Waals surface area contributed by atoms with E-state index in [0.29, 0.717) is 6.42 Å². The zero-order chi connectivity index (χ0) is 21.2. The normalized spacial score (nSPS) is 12.1. The Morgan fingerprint density at radius 1 is 1.46 bits per heavy atom. The van der Waals surface area contributed by atoms with Crippen molar-refractivity contribution in [3.05, 3.63) is 43.5 Å². The molecule has 1 atom stereocenters. The lowest BCUT2D eigenvalue weighted by molar-refractivity contribution is -0.136. The van der Waals surface area contributed by atoms with Crippen LogP contribution in [0.2, 0.25) is 0 Å².